The third-order valence-electron chi connectivity index (χ3n) is 5.03. The van der Waals surface area contributed by atoms with E-state index in [0.717, 1.165) is 32.1 Å². The van der Waals surface area contributed by atoms with Gasteiger partial charge in [0.2, 0.25) is 0 Å². The summed E-state index contributed by atoms with van der Waals surface area (Å²) in [5, 5.41) is 9.35. The quantitative estimate of drug-likeness (QED) is 0.415. The Hall–Kier alpha value is -1.06. The van der Waals surface area contributed by atoms with E-state index in [1.807, 2.05) is 0 Å². The molecule has 1 rings (SSSR count). The Balaban J connectivity index is 2.53. The first-order chi connectivity index (χ1) is 11.5. The minimum atomic E-state index is -0.850. The summed E-state index contributed by atoms with van der Waals surface area (Å²) < 4.78 is 5.79. The largest absolute Gasteiger partial charge is 0.481 e. The van der Waals surface area contributed by atoms with Crippen molar-refractivity contribution < 1.29 is 19.4 Å². The SMILES string of the molecule is CCCCCCCC(CC(C)C)OC(=O)C1CCCCC1C(=O)O. The molecular weight excluding hydrogens is 304 g/mol. The summed E-state index contributed by atoms with van der Waals surface area (Å²) >= 11 is 0. The molecule has 0 bridgehead atoms. The summed E-state index contributed by atoms with van der Waals surface area (Å²) in [6.45, 7) is 6.48. The number of ether oxygens (including phenoxy) is 1. The van der Waals surface area contributed by atoms with Crippen LogP contribution in [0.4, 0.5) is 0 Å². The van der Waals surface area contributed by atoms with Crippen molar-refractivity contribution in [3.05, 3.63) is 0 Å². The van der Waals surface area contributed by atoms with Gasteiger partial charge in [-0.3, -0.25) is 9.59 Å². The molecule has 1 aliphatic rings. The van der Waals surface area contributed by atoms with Gasteiger partial charge in [0.1, 0.15) is 6.10 Å². The van der Waals surface area contributed by atoms with Gasteiger partial charge in [0.25, 0.3) is 0 Å². The van der Waals surface area contributed by atoms with Crippen LogP contribution < -0.4 is 0 Å². The molecule has 3 unspecified atom stereocenters. The molecule has 4 nitrogen and oxygen atoms in total. The molecule has 0 saturated heterocycles. The highest BCUT2D eigenvalue weighted by atomic mass is 16.5. The number of carboxylic acids is 1. The van der Waals surface area contributed by atoms with E-state index in [0.29, 0.717) is 18.8 Å². The highest BCUT2D eigenvalue weighted by Gasteiger charge is 2.37. The van der Waals surface area contributed by atoms with Crippen LogP contribution in [0.25, 0.3) is 0 Å². The molecule has 0 amide bonds. The van der Waals surface area contributed by atoms with Crippen molar-refractivity contribution in [3.63, 3.8) is 0 Å². The van der Waals surface area contributed by atoms with Crippen LogP contribution >= 0.6 is 0 Å². The Morgan fingerprint density at radius 1 is 1.04 bits per heavy atom. The van der Waals surface area contributed by atoms with E-state index in [1.165, 1.54) is 25.7 Å². The lowest BCUT2D eigenvalue weighted by Crippen LogP contribution is -2.35. The highest BCUT2D eigenvalue weighted by molar-refractivity contribution is 5.81. The molecule has 1 aliphatic carbocycles. The molecule has 0 spiro atoms. The van der Waals surface area contributed by atoms with Crippen LogP contribution in [0.15, 0.2) is 0 Å². The second-order valence-corrected chi connectivity index (χ2v) is 7.73. The molecule has 1 fully saturated rings. The summed E-state index contributed by atoms with van der Waals surface area (Å²) in [6, 6.07) is 0. The van der Waals surface area contributed by atoms with E-state index in [2.05, 4.69) is 20.8 Å². The third kappa shape index (κ3) is 7.67. The van der Waals surface area contributed by atoms with Gasteiger partial charge >= 0.3 is 11.9 Å². The summed E-state index contributed by atoms with van der Waals surface area (Å²) in [6.07, 6.45) is 10.8. The van der Waals surface area contributed by atoms with Crippen LogP contribution in [-0.2, 0) is 14.3 Å². The van der Waals surface area contributed by atoms with Crippen LogP contribution in [0.1, 0.15) is 91.4 Å². The summed E-state index contributed by atoms with van der Waals surface area (Å²) in [5.41, 5.74) is 0. The Morgan fingerprint density at radius 2 is 1.67 bits per heavy atom. The fourth-order valence-corrected chi connectivity index (χ4v) is 3.69. The van der Waals surface area contributed by atoms with E-state index in [9.17, 15) is 14.7 Å². The number of hydrogen-bond donors (Lipinski definition) is 1. The van der Waals surface area contributed by atoms with Crippen LogP contribution in [0.5, 0.6) is 0 Å². The molecule has 0 radical (unpaired) electrons. The highest BCUT2D eigenvalue weighted by Crippen LogP contribution is 2.32. The molecule has 0 aromatic heterocycles. The molecule has 0 aromatic rings. The number of carbonyl (C=O) groups is 2. The van der Waals surface area contributed by atoms with Gasteiger partial charge in [-0.2, -0.15) is 0 Å². The van der Waals surface area contributed by atoms with Gasteiger partial charge in [-0.1, -0.05) is 59.3 Å². The normalized spacial score (nSPS) is 22.3. The lowest BCUT2D eigenvalue weighted by atomic mass is 9.79. The molecular formula is C20H36O4. The zero-order valence-corrected chi connectivity index (χ0v) is 15.8. The summed E-state index contributed by atoms with van der Waals surface area (Å²) in [4.78, 5) is 24.0. The monoisotopic (exact) mass is 340 g/mol. The maximum Gasteiger partial charge on any atom is 0.310 e. The van der Waals surface area contributed by atoms with Crippen molar-refractivity contribution in [3.8, 4) is 0 Å². The second kappa shape index (κ2) is 11.5. The Labute approximate surface area is 147 Å². The number of unbranched alkanes of at least 4 members (excludes halogenated alkanes) is 4. The molecule has 24 heavy (non-hydrogen) atoms. The molecule has 0 heterocycles. The maximum absolute atomic E-state index is 12.6. The van der Waals surface area contributed by atoms with Crippen molar-refractivity contribution in [2.45, 2.75) is 97.5 Å². The van der Waals surface area contributed by atoms with Gasteiger partial charge in [0, 0.05) is 0 Å². The van der Waals surface area contributed by atoms with Gasteiger partial charge < -0.3 is 9.84 Å². The average Bonchev–Trinajstić information content (AvgIpc) is 2.53. The van der Waals surface area contributed by atoms with E-state index in [4.69, 9.17) is 4.74 Å². The van der Waals surface area contributed by atoms with Crippen molar-refractivity contribution in [1.82, 2.24) is 0 Å². The molecule has 0 aliphatic heterocycles. The van der Waals surface area contributed by atoms with Crippen molar-refractivity contribution >= 4 is 11.9 Å². The minimum Gasteiger partial charge on any atom is -0.481 e. The first kappa shape index (κ1) is 21.0. The van der Waals surface area contributed by atoms with Crippen molar-refractivity contribution in [2.24, 2.45) is 17.8 Å². The standard InChI is InChI=1S/C20H36O4/c1-4-5-6-7-8-11-16(14-15(2)3)24-20(23)18-13-10-9-12-17(18)19(21)22/h15-18H,4-14H2,1-3H3,(H,21,22). The topological polar surface area (TPSA) is 63.6 Å². The minimum absolute atomic E-state index is 0.0597. The van der Waals surface area contributed by atoms with E-state index < -0.39 is 17.8 Å². The fraction of sp³-hybridized carbons (Fsp3) is 0.900. The smallest absolute Gasteiger partial charge is 0.310 e. The number of carboxylic acid groups (broad SMARTS) is 1. The number of rotatable bonds is 11. The third-order valence-corrected chi connectivity index (χ3v) is 5.03. The van der Waals surface area contributed by atoms with Crippen molar-refractivity contribution in [1.29, 1.82) is 0 Å². The van der Waals surface area contributed by atoms with Gasteiger partial charge in [-0.25, -0.2) is 0 Å². The van der Waals surface area contributed by atoms with Crippen LogP contribution in [0.2, 0.25) is 0 Å². The second-order valence-electron chi connectivity index (χ2n) is 7.73. The average molecular weight is 341 g/mol. The van der Waals surface area contributed by atoms with E-state index in [1.54, 1.807) is 0 Å². The lowest BCUT2D eigenvalue weighted by Gasteiger charge is -2.29. The predicted octanol–water partition coefficient (Wildman–Crippen LogP) is 5.20. The first-order valence-corrected chi connectivity index (χ1v) is 9.89. The summed E-state index contributed by atoms with van der Waals surface area (Å²) in [7, 11) is 0. The first-order valence-electron chi connectivity index (χ1n) is 9.89. The number of hydrogen-bond acceptors (Lipinski definition) is 3. The van der Waals surface area contributed by atoms with Crippen LogP contribution in [0, 0.1) is 17.8 Å². The Kier molecular flexibility index (Phi) is 10.0. The number of carbonyl (C=O) groups excluding carboxylic acids is 1. The molecule has 1 saturated carbocycles. The molecule has 1 N–H and O–H groups in total. The Morgan fingerprint density at radius 3 is 2.25 bits per heavy atom. The van der Waals surface area contributed by atoms with E-state index in [-0.39, 0.29) is 12.1 Å². The predicted molar refractivity (Wildman–Crippen MR) is 95.8 cm³/mol. The van der Waals surface area contributed by atoms with Gasteiger partial charge in [0.05, 0.1) is 11.8 Å². The lowest BCUT2D eigenvalue weighted by molar-refractivity contribution is -0.164. The molecule has 140 valence electrons. The number of aliphatic carboxylic acids is 1. The van der Waals surface area contributed by atoms with Crippen molar-refractivity contribution in [2.75, 3.05) is 0 Å². The maximum atomic E-state index is 12.6. The van der Waals surface area contributed by atoms with Gasteiger partial charge in [0.15, 0.2) is 0 Å². The zero-order chi connectivity index (χ0) is 17.9. The Bertz CT molecular complexity index is 378. The van der Waals surface area contributed by atoms with Crippen LogP contribution in [-0.4, -0.2) is 23.1 Å². The van der Waals surface area contributed by atoms with Gasteiger partial charge in [-0.15, -0.1) is 0 Å². The van der Waals surface area contributed by atoms with Gasteiger partial charge in [-0.05, 0) is 38.0 Å². The number of esters is 1. The molecule has 0 aromatic carbocycles. The fourth-order valence-electron chi connectivity index (χ4n) is 3.69. The van der Waals surface area contributed by atoms with Crippen LogP contribution in [0.3, 0.4) is 0 Å². The summed E-state index contributed by atoms with van der Waals surface area (Å²) in [5.74, 6) is -1.67. The van der Waals surface area contributed by atoms with E-state index >= 15 is 0 Å². The zero-order valence-electron chi connectivity index (χ0n) is 15.8. The molecule has 3 atom stereocenters. The molecule has 4 heteroatoms.